The van der Waals surface area contributed by atoms with Gasteiger partial charge in [-0.25, -0.2) is 35.1 Å². The van der Waals surface area contributed by atoms with Gasteiger partial charge in [0.25, 0.3) is 0 Å². The molecule has 0 heterocycles. The molecule has 0 fully saturated rings. The second kappa shape index (κ2) is 9.40. The molecule has 0 atom stereocenters. The number of rotatable bonds is 4. The Morgan fingerprint density at radius 3 is 1.00 bits per heavy atom. The van der Waals surface area contributed by atoms with Crippen molar-refractivity contribution in [2.45, 2.75) is 13.8 Å². The summed E-state index contributed by atoms with van der Waals surface area (Å²) in [6, 6.07) is 0. The highest BCUT2D eigenvalue weighted by Crippen LogP contribution is 2.28. The monoisotopic (exact) mass is 432 g/mol. The molecule has 0 saturated heterocycles. The summed E-state index contributed by atoms with van der Waals surface area (Å²) in [6.07, 6.45) is 0. The molecule has 0 aliphatic carbocycles. The molecule has 2 aromatic carbocycles. The van der Waals surface area contributed by atoms with Crippen LogP contribution in [-0.2, 0) is 0 Å². The molecule has 30 heavy (non-hydrogen) atoms. The van der Waals surface area contributed by atoms with Crippen LogP contribution in [0.25, 0.3) is 0 Å². The average Bonchev–Trinajstić information content (AvgIpc) is 2.73. The third-order valence-electron chi connectivity index (χ3n) is 3.67. The lowest BCUT2D eigenvalue weighted by Gasteiger charge is -2.09. The highest BCUT2D eigenvalue weighted by molar-refractivity contribution is 5.56. The summed E-state index contributed by atoms with van der Waals surface area (Å²) in [7, 11) is 0. The van der Waals surface area contributed by atoms with Crippen molar-refractivity contribution in [2.75, 3.05) is 23.7 Å². The summed E-state index contributed by atoms with van der Waals surface area (Å²) in [5.41, 5.74) is -4.69. The van der Waals surface area contributed by atoms with Gasteiger partial charge in [0.15, 0.2) is 46.5 Å². The van der Waals surface area contributed by atoms with E-state index in [9.17, 15) is 35.1 Å². The van der Waals surface area contributed by atoms with Crippen molar-refractivity contribution in [3.8, 4) is 23.7 Å². The van der Waals surface area contributed by atoms with Crippen LogP contribution in [-0.4, -0.2) is 13.1 Å². The first-order valence-corrected chi connectivity index (χ1v) is 8.38. The number of halogens is 8. The third-order valence-corrected chi connectivity index (χ3v) is 3.67. The maximum Gasteiger partial charge on any atom is 0.186 e. The molecule has 0 saturated carbocycles. The first-order valence-electron chi connectivity index (χ1n) is 8.38. The van der Waals surface area contributed by atoms with E-state index in [0.29, 0.717) is 0 Å². The summed E-state index contributed by atoms with van der Waals surface area (Å²) < 4.78 is 111. The zero-order valence-electron chi connectivity index (χ0n) is 15.4. The minimum Gasteiger partial charge on any atom is -0.380 e. The van der Waals surface area contributed by atoms with Crippen molar-refractivity contribution >= 4 is 11.4 Å². The summed E-state index contributed by atoms with van der Waals surface area (Å²) in [6.45, 7) is 2.82. The molecule has 2 nitrogen and oxygen atoms in total. The average molecular weight is 432 g/mol. The minimum absolute atomic E-state index is 0.0277. The first kappa shape index (κ1) is 22.9. The van der Waals surface area contributed by atoms with E-state index in [1.807, 2.05) is 0 Å². The van der Waals surface area contributed by atoms with Crippen LogP contribution in [0.2, 0.25) is 0 Å². The molecule has 10 heteroatoms. The Morgan fingerprint density at radius 2 is 0.767 bits per heavy atom. The normalized spacial score (nSPS) is 10.1. The Labute approximate surface area is 166 Å². The van der Waals surface area contributed by atoms with Gasteiger partial charge in [0, 0.05) is 13.1 Å². The lowest BCUT2D eigenvalue weighted by atomic mass is 10.1. The van der Waals surface area contributed by atoms with Crippen molar-refractivity contribution in [2.24, 2.45) is 0 Å². The first-order chi connectivity index (χ1) is 14.2. The van der Waals surface area contributed by atoms with E-state index >= 15 is 0 Å². The van der Waals surface area contributed by atoms with E-state index in [4.69, 9.17) is 0 Å². The lowest BCUT2D eigenvalue weighted by Crippen LogP contribution is -2.09. The van der Waals surface area contributed by atoms with E-state index in [2.05, 4.69) is 10.6 Å². The van der Waals surface area contributed by atoms with Crippen LogP contribution in [0.5, 0.6) is 0 Å². The number of nitrogens with one attached hydrogen (secondary N) is 2. The molecule has 158 valence electrons. The van der Waals surface area contributed by atoms with Gasteiger partial charge in [-0.1, -0.05) is 0 Å². The second-order valence-corrected chi connectivity index (χ2v) is 5.57. The van der Waals surface area contributed by atoms with Crippen LogP contribution < -0.4 is 10.6 Å². The van der Waals surface area contributed by atoms with Crippen molar-refractivity contribution in [1.29, 1.82) is 0 Å². The fourth-order valence-corrected chi connectivity index (χ4v) is 2.33. The predicted octanol–water partition coefficient (Wildman–Crippen LogP) is 5.07. The zero-order chi connectivity index (χ0) is 22.6. The Bertz CT molecular complexity index is 973. The number of hydrogen-bond donors (Lipinski definition) is 2. The summed E-state index contributed by atoms with van der Waals surface area (Å²) in [5.74, 6) is -7.36. The Kier molecular flexibility index (Phi) is 7.17. The minimum atomic E-state index is -1.82. The second-order valence-electron chi connectivity index (χ2n) is 5.57. The fourth-order valence-electron chi connectivity index (χ4n) is 2.33. The highest BCUT2D eigenvalue weighted by Gasteiger charge is 2.25. The van der Waals surface area contributed by atoms with Crippen LogP contribution in [0.4, 0.5) is 46.5 Å². The van der Waals surface area contributed by atoms with E-state index in [1.54, 1.807) is 23.7 Å². The van der Waals surface area contributed by atoms with Gasteiger partial charge in [0.05, 0.1) is 0 Å². The van der Waals surface area contributed by atoms with E-state index < -0.39 is 69.0 Å². The maximum absolute atomic E-state index is 13.9. The van der Waals surface area contributed by atoms with E-state index in [0.717, 1.165) is 0 Å². The van der Waals surface area contributed by atoms with Gasteiger partial charge < -0.3 is 10.6 Å². The fraction of sp³-hybridized carbons (Fsp3) is 0.200. The molecular formula is C20H12F8N2. The van der Waals surface area contributed by atoms with Crippen LogP contribution in [0.1, 0.15) is 25.0 Å². The highest BCUT2D eigenvalue weighted by atomic mass is 19.2. The van der Waals surface area contributed by atoms with Crippen molar-refractivity contribution < 1.29 is 35.1 Å². The number of anilines is 2. The SMILES string of the molecule is CCNc1c(F)c(F)c(C#CC#Cc2c(F)c(F)c(NCC)c(F)c2F)c(F)c1F. The van der Waals surface area contributed by atoms with Crippen molar-refractivity contribution in [3.63, 3.8) is 0 Å². The Hall–Kier alpha value is -3.40. The molecule has 2 rings (SSSR count). The lowest BCUT2D eigenvalue weighted by molar-refractivity contribution is 0.455. The quantitative estimate of drug-likeness (QED) is 0.401. The molecule has 0 bridgehead atoms. The van der Waals surface area contributed by atoms with Gasteiger partial charge in [0.1, 0.15) is 22.5 Å². The molecule has 0 aromatic heterocycles. The molecule has 0 unspecified atom stereocenters. The van der Waals surface area contributed by atoms with Gasteiger partial charge >= 0.3 is 0 Å². The molecule has 0 aliphatic rings. The van der Waals surface area contributed by atoms with Crippen molar-refractivity contribution in [1.82, 2.24) is 0 Å². The number of benzene rings is 2. The van der Waals surface area contributed by atoms with Crippen molar-refractivity contribution in [3.05, 3.63) is 57.7 Å². The molecule has 0 amide bonds. The molecule has 0 radical (unpaired) electrons. The Balaban J connectivity index is 2.51. The van der Waals surface area contributed by atoms with Crippen LogP contribution >= 0.6 is 0 Å². The largest absolute Gasteiger partial charge is 0.380 e. The molecule has 2 N–H and O–H groups in total. The summed E-state index contributed by atoms with van der Waals surface area (Å²) >= 11 is 0. The van der Waals surface area contributed by atoms with Gasteiger partial charge in [0.2, 0.25) is 0 Å². The van der Waals surface area contributed by atoms with Crippen LogP contribution in [0.3, 0.4) is 0 Å². The molecule has 0 spiro atoms. The maximum atomic E-state index is 13.9. The standard InChI is InChI=1S/C20H12F8N2/c1-3-29-19-15(25)11(21)9(12(22)16(19)26)7-5-6-8-10-13(23)17(27)20(30-4-2)18(28)14(10)24/h29-30H,3-4H2,1-2H3. The van der Waals surface area contributed by atoms with Crippen LogP contribution in [0, 0.1) is 70.2 Å². The predicted molar refractivity (Wildman–Crippen MR) is 94.6 cm³/mol. The molecule has 2 aromatic rings. The van der Waals surface area contributed by atoms with E-state index in [1.165, 1.54) is 13.8 Å². The summed E-state index contributed by atoms with van der Waals surface area (Å²) in [4.78, 5) is 0. The molecular weight excluding hydrogens is 420 g/mol. The van der Waals surface area contributed by atoms with Gasteiger partial charge in [-0.15, -0.1) is 0 Å². The van der Waals surface area contributed by atoms with E-state index in [-0.39, 0.29) is 13.1 Å². The molecule has 0 aliphatic heterocycles. The topological polar surface area (TPSA) is 24.1 Å². The Morgan fingerprint density at radius 1 is 0.500 bits per heavy atom. The van der Waals surface area contributed by atoms with Gasteiger partial charge in [-0.2, -0.15) is 0 Å². The number of hydrogen-bond acceptors (Lipinski definition) is 2. The smallest absolute Gasteiger partial charge is 0.186 e. The third kappa shape index (κ3) is 4.13. The van der Waals surface area contributed by atoms with Gasteiger partial charge in [-0.05, 0) is 37.5 Å². The van der Waals surface area contributed by atoms with Gasteiger partial charge in [-0.3, -0.25) is 0 Å². The zero-order valence-corrected chi connectivity index (χ0v) is 15.4. The summed E-state index contributed by atoms with van der Waals surface area (Å²) in [5, 5.41) is 4.23. The van der Waals surface area contributed by atoms with Crippen LogP contribution in [0.15, 0.2) is 0 Å².